The molecule has 1 aromatic heterocycles. The maximum Gasteiger partial charge on any atom is 0.326 e. The van der Waals surface area contributed by atoms with Crippen molar-refractivity contribution >= 4 is 65.1 Å². The molecule has 0 aromatic carbocycles. The van der Waals surface area contributed by atoms with Gasteiger partial charge in [-0.05, 0) is 117 Å². The van der Waals surface area contributed by atoms with E-state index in [-0.39, 0.29) is 89.2 Å². The Bertz CT molecular complexity index is 2250. The Kier molecular flexibility index (Phi) is 33.0. The van der Waals surface area contributed by atoms with E-state index >= 15 is 0 Å². The summed E-state index contributed by atoms with van der Waals surface area (Å²) in [6.45, 7) is 1.34. The van der Waals surface area contributed by atoms with Gasteiger partial charge in [-0.2, -0.15) is 0 Å². The molecule has 1 fully saturated rings. The lowest BCUT2D eigenvalue weighted by atomic mass is 10.0. The van der Waals surface area contributed by atoms with Gasteiger partial charge in [0.05, 0.1) is 25.0 Å². The molecule has 0 spiro atoms. The number of carboxylic acids is 1. The fourth-order valence-electron chi connectivity index (χ4n) is 8.33. The second-order valence-corrected chi connectivity index (χ2v) is 19.4. The van der Waals surface area contributed by atoms with Gasteiger partial charge in [-0.15, -0.1) is 0 Å². The highest BCUT2D eigenvalue weighted by molar-refractivity contribution is 6.01. The van der Waals surface area contributed by atoms with Crippen LogP contribution in [0.5, 0.6) is 0 Å². The average molecular weight is 1150 g/mol. The van der Waals surface area contributed by atoms with Crippen LogP contribution in [-0.4, -0.2) is 197 Å². The van der Waals surface area contributed by atoms with E-state index in [4.69, 9.17) is 45.9 Å². The number of aromatic amines is 1. The minimum atomic E-state index is -1.57. The Morgan fingerprint density at radius 2 is 1.37 bits per heavy atom. The van der Waals surface area contributed by atoms with Crippen LogP contribution in [-0.2, 0) is 54.4 Å². The first-order valence-electron chi connectivity index (χ1n) is 27.2. The van der Waals surface area contributed by atoms with Gasteiger partial charge in [0.25, 0.3) is 5.91 Å². The molecule has 2 heterocycles. The number of H-pyrrole nitrogens is 1. The number of aliphatic hydroxyl groups is 1. The average Bonchev–Trinajstić information content (AvgIpc) is 4.18. The number of aromatic nitrogens is 2. The molecule has 0 aliphatic carbocycles. The molecule has 9 atom stereocenters. The van der Waals surface area contributed by atoms with E-state index in [9.17, 15) is 58.2 Å². The molecule has 27 N–H and O–H groups in total. The second-order valence-electron chi connectivity index (χ2n) is 19.4. The first-order chi connectivity index (χ1) is 38.6. The molecule has 0 radical (unpaired) electrons. The van der Waals surface area contributed by atoms with Crippen LogP contribution in [0.15, 0.2) is 29.3 Å². The summed E-state index contributed by atoms with van der Waals surface area (Å²) in [6, 6.07) is -10.3. The van der Waals surface area contributed by atoms with Crippen LogP contribution in [0.1, 0.15) is 103 Å². The number of likely N-dealkylation sites (tertiary alicyclic amines) is 1. The van der Waals surface area contributed by atoms with Crippen molar-refractivity contribution < 1.29 is 58.2 Å². The summed E-state index contributed by atoms with van der Waals surface area (Å²) in [5, 5.41) is 40.3. The third-order valence-corrected chi connectivity index (χ3v) is 12.9. The van der Waals surface area contributed by atoms with Crippen LogP contribution in [0.3, 0.4) is 0 Å². The highest BCUT2D eigenvalue weighted by Gasteiger charge is 2.40. The number of hydrogen-bond acceptors (Lipinski definition) is 19. The van der Waals surface area contributed by atoms with Crippen molar-refractivity contribution in [1.82, 2.24) is 57.4 Å². The van der Waals surface area contributed by atoms with Gasteiger partial charge in [0.1, 0.15) is 48.0 Å². The molecule has 32 nitrogen and oxygen atoms in total. The third kappa shape index (κ3) is 25.8. The predicted molar refractivity (Wildman–Crippen MR) is 296 cm³/mol. The van der Waals surface area contributed by atoms with E-state index in [1.54, 1.807) is 0 Å². The number of guanidine groups is 1. The number of nitrogens with two attached hydrogens (primary N) is 8. The van der Waals surface area contributed by atoms with E-state index in [1.807, 2.05) is 0 Å². The number of hydrogen-bond donors (Lipinski definition) is 19. The Hall–Kier alpha value is -7.36. The van der Waals surface area contributed by atoms with E-state index < -0.39 is 127 Å². The van der Waals surface area contributed by atoms with Crippen LogP contribution < -0.4 is 88.4 Å². The van der Waals surface area contributed by atoms with Crippen molar-refractivity contribution in [2.24, 2.45) is 50.9 Å². The lowest BCUT2D eigenvalue weighted by molar-refractivity contribution is -0.142. The van der Waals surface area contributed by atoms with Crippen molar-refractivity contribution in [1.29, 1.82) is 0 Å². The molecule has 456 valence electrons. The topological polar surface area (TPSA) is 560 Å². The summed E-state index contributed by atoms with van der Waals surface area (Å²) < 4.78 is 0. The zero-order valence-electron chi connectivity index (χ0n) is 46.1. The van der Waals surface area contributed by atoms with Gasteiger partial charge >= 0.3 is 5.97 Å². The van der Waals surface area contributed by atoms with Gasteiger partial charge < -0.3 is 109 Å². The highest BCUT2D eigenvalue weighted by Crippen LogP contribution is 2.21. The first-order valence-corrected chi connectivity index (χ1v) is 27.2. The summed E-state index contributed by atoms with van der Waals surface area (Å²) in [5.74, 6) is -8.95. The summed E-state index contributed by atoms with van der Waals surface area (Å²) in [6.07, 6.45) is 6.29. The van der Waals surface area contributed by atoms with E-state index in [0.717, 1.165) is 0 Å². The number of nitrogens with zero attached hydrogens (tertiary/aromatic N) is 3. The number of aliphatic hydroxyl groups excluding tert-OH is 1. The van der Waals surface area contributed by atoms with E-state index in [0.29, 0.717) is 63.7 Å². The standard InChI is InChI=1S/C49H88N20O12/c1-28(62-46(78)39(37(70)24-54)68-41(73)30(55)11-2-5-17-50)40(72)60-26-38(71)63-33(14-8-20-53)47(79)69-22-10-16-36(69)45(77)67-35(23-29-25-58-27-61-29)44(76)65-31(12-3-6-18-51)42(74)64-32(15-9-21-59-49(56)57)43(75)66-34(48(80)81)13-4-7-19-52/h15,25,27-28,30-31,33-37,39,70H,2-14,16-24,26,50-55H2,1H3,(H,58,61)(H,60,72)(H,62,78)(H,63,71)(H,64,74)(H,65,76)(H,66,75)(H,67,77)(H,68,73)(H,80,81)(H4,56,57,59)/b32-15-/t28-,30-,31-,33+,34-,35-,36-,37-,39-/m0/s1. The Morgan fingerprint density at radius 1 is 0.741 bits per heavy atom. The summed E-state index contributed by atoms with van der Waals surface area (Å²) in [5.41, 5.74) is 45.1. The lowest BCUT2D eigenvalue weighted by Crippen LogP contribution is -2.60. The number of unbranched alkanes of at least 4 members (excludes halogenated alkanes) is 3. The van der Waals surface area contributed by atoms with Gasteiger partial charge in [0.2, 0.25) is 47.3 Å². The molecule has 0 unspecified atom stereocenters. The maximum atomic E-state index is 14.3. The summed E-state index contributed by atoms with van der Waals surface area (Å²) in [7, 11) is 0. The molecule has 9 amide bonds. The molecule has 32 heteroatoms. The SMILES string of the molecule is C[C@H](NC(=O)[C@@H](NC(=O)[C@@H](N)CCCCN)[C@@H](O)CN)C(=O)NCC(=O)N[C@H](CCCN)C(=O)N1CCC[C@H]1C(=O)N[C@@H](Cc1cnc[nH]1)C(=O)N[C@@H](CCCCN)C(=O)N/C(=C\CCN=C(N)N)C(=O)N[C@@H](CCCCN)C(=O)O. The zero-order valence-corrected chi connectivity index (χ0v) is 46.1. The van der Waals surface area contributed by atoms with Gasteiger partial charge in [0, 0.05) is 37.9 Å². The van der Waals surface area contributed by atoms with Crippen molar-refractivity contribution in [2.75, 3.05) is 52.4 Å². The number of aliphatic carboxylic acids is 1. The van der Waals surface area contributed by atoms with Crippen molar-refractivity contribution in [3.8, 4) is 0 Å². The molecule has 81 heavy (non-hydrogen) atoms. The van der Waals surface area contributed by atoms with Crippen LogP contribution in [0, 0.1) is 0 Å². The van der Waals surface area contributed by atoms with Crippen molar-refractivity contribution in [3.05, 3.63) is 30.0 Å². The molecular formula is C49H88N20O12. The monoisotopic (exact) mass is 1150 g/mol. The molecule has 0 bridgehead atoms. The Labute approximate surface area is 470 Å². The molecule has 1 aliphatic heterocycles. The molecule has 1 aromatic rings. The molecule has 0 saturated carbocycles. The van der Waals surface area contributed by atoms with Crippen LogP contribution in [0.25, 0.3) is 0 Å². The van der Waals surface area contributed by atoms with E-state index in [1.165, 1.54) is 30.4 Å². The number of carbonyl (C=O) groups is 10. The Morgan fingerprint density at radius 3 is 1.96 bits per heavy atom. The van der Waals surface area contributed by atoms with E-state index in [2.05, 4.69) is 57.5 Å². The Balaban J connectivity index is 2.29. The normalized spacial score (nSPS) is 16.2. The lowest BCUT2D eigenvalue weighted by Gasteiger charge is -2.30. The van der Waals surface area contributed by atoms with Gasteiger partial charge in [-0.3, -0.25) is 48.1 Å². The van der Waals surface area contributed by atoms with Crippen molar-refractivity contribution in [3.63, 3.8) is 0 Å². The summed E-state index contributed by atoms with van der Waals surface area (Å²) in [4.78, 5) is 147. The van der Waals surface area contributed by atoms with Crippen LogP contribution in [0.4, 0.5) is 0 Å². The van der Waals surface area contributed by atoms with Gasteiger partial charge in [0.15, 0.2) is 5.96 Å². The molecule has 1 aliphatic rings. The fraction of sp³-hybridized carbons (Fsp3) is 0.673. The van der Waals surface area contributed by atoms with Crippen LogP contribution in [0.2, 0.25) is 0 Å². The first kappa shape index (κ1) is 69.7. The number of amides is 9. The number of aliphatic imine (C=N–C) groups is 1. The van der Waals surface area contributed by atoms with Gasteiger partial charge in [-0.1, -0.05) is 12.5 Å². The van der Waals surface area contributed by atoms with Crippen molar-refractivity contribution in [2.45, 2.75) is 158 Å². The number of imidazole rings is 1. The maximum absolute atomic E-state index is 14.3. The zero-order chi connectivity index (χ0) is 60.4. The minimum Gasteiger partial charge on any atom is -0.480 e. The predicted octanol–water partition coefficient (Wildman–Crippen LogP) is -7.49. The molecule has 1 saturated heterocycles. The molecule has 2 rings (SSSR count). The smallest absolute Gasteiger partial charge is 0.326 e. The summed E-state index contributed by atoms with van der Waals surface area (Å²) >= 11 is 0. The minimum absolute atomic E-state index is 0.000336. The highest BCUT2D eigenvalue weighted by atomic mass is 16.4. The number of rotatable bonds is 40. The number of carboxylic acid groups (broad SMARTS) is 1. The molecular weight excluding hydrogens is 1060 g/mol. The van der Waals surface area contributed by atoms with Gasteiger partial charge in [-0.25, -0.2) is 9.78 Å². The second kappa shape index (κ2) is 38.3. The number of nitrogens with one attached hydrogen (secondary N) is 9. The van der Waals surface area contributed by atoms with Crippen LogP contribution >= 0.6 is 0 Å². The number of carbonyl (C=O) groups excluding carboxylic acids is 9. The quantitative estimate of drug-likeness (QED) is 0.0126. The largest absolute Gasteiger partial charge is 0.480 e. The third-order valence-electron chi connectivity index (χ3n) is 12.9. The fourth-order valence-corrected chi connectivity index (χ4v) is 8.33.